The molecule has 1 aliphatic rings. The molecule has 0 spiro atoms. The first kappa shape index (κ1) is 23.3. The summed E-state index contributed by atoms with van der Waals surface area (Å²) in [6.45, 7) is 3.97. The summed E-state index contributed by atoms with van der Waals surface area (Å²) in [6.07, 6.45) is 3.20. The minimum atomic E-state index is -0.880. The van der Waals surface area contributed by atoms with E-state index in [0.29, 0.717) is 34.4 Å². The van der Waals surface area contributed by atoms with E-state index < -0.39 is 17.7 Å². The zero-order valence-electron chi connectivity index (χ0n) is 19.4. The van der Waals surface area contributed by atoms with Gasteiger partial charge in [0, 0.05) is 17.1 Å². The van der Waals surface area contributed by atoms with E-state index in [1.165, 1.54) is 16.2 Å². The summed E-state index contributed by atoms with van der Waals surface area (Å²) >= 11 is 1.24. The molecule has 8 heteroatoms. The third-order valence-electron chi connectivity index (χ3n) is 5.93. The van der Waals surface area contributed by atoms with Crippen LogP contribution in [0.5, 0.6) is 11.5 Å². The van der Waals surface area contributed by atoms with Gasteiger partial charge in [-0.3, -0.25) is 14.5 Å². The highest BCUT2D eigenvalue weighted by Crippen LogP contribution is 2.43. The lowest BCUT2D eigenvalue weighted by Crippen LogP contribution is -2.29. The SMILES string of the molecule is C=CCOc1cccc(C2/C(=C(\O)c3ccc4cc(OC)ccc4c3)C(=O)C(=O)N2c2nccs2)c1. The molecule has 0 bridgehead atoms. The number of rotatable bonds is 7. The second kappa shape index (κ2) is 9.67. The van der Waals surface area contributed by atoms with Crippen LogP contribution < -0.4 is 14.4 Å². The van der Waals surface area contributed by atoms with E-state index in [4.69, 9.17) is 9.47 Å². The predicted molar refractivity (Wildman–Crippen MR) is 140 cm³/mol. The highest BCUT2D eigenvalue weighted by atomic mass is 32.1. The number of aliphatic hydroxyl groups excluding tert-OH is 1. The fourth-order valence-corrected chi connectivity index (χ4v) is 4.93. The maximum absolute atomic E-state index is 13.3. The molecule has 36 heavy (non-hydrogen) atoms. The summed E-state index contributed by atoms with van der Waals surface area (Å²) < 4.78 is 11.0. The number of hydrogen-bond acceptors (Lipinski definition) is 7. The van der Waals surface area contributed by atoms with Gasteiger partial charge in [-0.05, 0) is 46.7 Å². The Morgan fingerprint density at radius 3 is 2.67 bits per heavy atom. The van der Waals surface area contributed by atoms with E-state index in [9.17, 15) is 14.7 Å². The molecule has 1 unspecified atom stereocenters. The number of carbonyl (C=O) groups excluding carboxylic acids is 2. The third-order valence-corrected chi connectivity index (χ3v) is 6.70. The van der Waals surface area contributed by atoms with Crippen LogP contribution in [0.1, 0.15) is 17.2 Å². The predicted octanol–water partition coefficient (Wildman–Crippen LogP) is 5.50. The molecule has 1 amide bonds. The number of amides is 1. The average Bonchev–Trinajstić information content (AvgIpc) is 3.53. The molecule has 3 aromatic carbocycles. The smallest absolute Gasteiger partial charge is 0.301 e. The Morgan fingerprint density at radius 1 is 1.11 bits per heavy atom. The first-order chi connectivity index (χ1) is 17.5. The van der Waals surface area contributed by atoms with Crippen LogP contribution in [0, 0.1) is 0 Å². The van der Waals surface area contributed by atoms with Crippen molar-refractivity contribution in [2.24, 2.45) is 0 Å². The Hall–Kier alpha value is -4.43. The molecule has 2 heterocycles. The molecule has 5 rings (SSSR count). The van der Waals surface area contributed by atoms with Gasteiger partial charge in [-0.25, -0.2) is 4.98 Å². The summed E-state index contributed by atoms with van der Waals surface area (Å²) in [6, 6.07) is 17.1. The van der Waals surface area contributed by atoms with Crippen LogP contribution in [0.4, 0.5) is 5.13 Å². The summed E-state index contributed by atoms with van der Waals surface area (Å²) in [5.74, 6) is -0.518. The number of anilines is 1. The van der Waals surface area contributed by atoms with E-state index in [-0.39, 0.29) is 11.3 Å². The number of methoxy groups -OCH3 is 1. The molecule has 180 valence electrons. The number of thiazole rings is 1. The monoisotopic (exact) mass is 498 g/mol. The van der Waals surface area contributed by atoms with Crippen LogP contribution in [0.15, 0.2) is 90.5 Å². The fraction of sp³-hybridized carbons (Fsp3) is 0.107. The zero-order valence-corrected chi connectivity index (χ0v) is 20.2. The maximum Gasteiger partial charge on any atom is 0.301 e. The second-order valence-corrected chi connectivity index (χ2v) is 8.96. The number of aromatic nitrogens is 1. The Bertz CT molecular complexity index is 1510. The standard InChI is InChI=1S/C28H22N2O5S/c1-3-12-35-22-6-4-5-19(16-22)24-23(26(32)27(33)30(24)28-29-11-13-36-28)25(31)20-8-7-18-15-21(34-2)10-9-17(18)14-20/h3-11,13-16,24,31H,1,12H2,2H3/b25-23+. The Balaban J connectivity index is 1.67. The van der Waals surface area contributed by atoms with E-state index in [2.05, 4.69) is 11.6 Å². The van der Waals surface area contributed by atoms with Crippen LogP contribution in [0.2, 0.25) is 0 Å². The van der Waals surface area contributed by atoms with Crippen LogP contribution >= 0.6 is 11.3 Å². The quantitative estimate of drug-likeness (QED) is 0.157. The molecular weight excluding hydrogens is 476 g/mol. The van der Waals surface area contributed by atoms with Gasteiger partial charge in [0.1, 0.15) is 23.9 Å². The van der Waals surface area contributed by atoms with E-state index >= 15 is 0 Å². The van der Waals surface area contributed by atoms with Crippen molar-refractivity contribution < 1.29 is 24.2 Å². The van der Waals surface area contributed by atoms with Crippen LogP contribution in [0.3, 0.4) is 0 Å². The lowest BCUT2D eigenvalue weighted by Gasteiger charge is -2.23. The number of fused-ring (bicyclic) bond motifs is 1. The van der Waals surface area contributed by atoms with Crippen molar-refractivity contribution in [1.82, 2.24) is 4.98 Å². The normalized spacial score (nSPS) is 16.9. The molecule has 1 atom stereocenters. The van der Waals surface area contributed by atoms with Gasteiger partial charge < -0.3 is 14.6 Å². The molecular formula is C28H22N2O5S. The lowest BCUT2D eigenvalue weighted by molar-refractivity contribution is -0.132. The number of hydrogen-bond donors (Lipinski definition) is 1. The number of benzene rings is 3. The van der Waals surface area contributed by atoms with Crippen molar-refractivity contribution >= 4 is 44.7 Å². The molecule has 4 aromatic rings. The Labute approximate surface area is 211 Å². The number of ether oxygens (including phenoxy) is 2. The summed E-state index contributed by atoms with van der Waals surface area (Å²) in [4.78, 5) is 32.1. The van der Waals surface area contributed by atoms with Gasteiger partial charge in [-0.15, -0.1) is 11.3 Å². The van der Waals surface area contributed by atoms with Crippen LogP contribution in [-0.4, -0.2) is 35.5 Å². The molecule has 7 nitrogen and oxygen atoms in total. The van der Waals surface area contributed by atoms with Crippen molar-refractivity contribution in [2.75, 3.05) is 18.6 Å². The average molecular weight is 499 g/mol. The van der Waals surface area contributed by atoms with Crippen molar-refractivity contribution in [3.05, 3.63) is 102 Å². The number of Topliss-reactive ketones (excluding diaryl/α,β-unsaturated/α-hetero) is 1. The molecule has 1 saturated heterocycles. The second-order valence-electron chi connectivity index (χ2n) is 8.08. The molecule has 0 saturated carbocycles. The van der Waals surface area contributed by atoms with Crippen molar-refractivity contribution in [1.29, 1.82) is 0 Å². The van der Waals surface area contributed by atoms with Gasteiger partial charge >= 0.3 is 5.91 Å². The highest BCUT2D eigenvalue weighted by Gasteiger charge is 2.48. The highest BCUT2D eigenvalue weighted by molar-refractivity contribution is 7.14. The van der Waals surface area contributed by atoms with Gasteiger partial charge in [0.25, 0.3) is 5.78 Å². The minimum Gasteiger partial charge on any atom is -0.507 e. The Morgan fingerprint density at radius 2 is 1.92 bits per heavy atom. The van der Waals surface area contributed by atoms with Gasteiger partial charge in [0.05, 0.1) is 18.7 Å². The van der Waals surface area contributed by atoms with Crippen LogP contribution in [-0.2, 0) is 9.59 Å². The van der Waals surface area contributed by atoms with Gasteiger partial charge in [0.2, 0.25) is 0 Å². The minimum absolute atomic E-state index is 0.0102. The first-order valence-electron chi connectivity index (χ1n) is 11.1. The van der Waals surface area contributed by atoms with Gasteiger partial charge in [-0.1, -0.05) is 43.0 Å². The summed E-state index contributed by atoms with van der Waals surface area (Å²) in [7, 11) is 1.60. The molecule has 0 aliphatic carbocycles. The fourth-order valence-electron chi connectivity index (χ4n) is 4.26. The maximum atomic E-state index is 13.3. The topological polar surface area (TPSA) is 89.0 Å². The first-order valence-corrected chi connectivity index (χ1v) is 12.0. The molecule has 1 aromatic heterocycles. The molecule has 1 fully saturated rings. The number of carbonyl (C=O) groups is 2. The molecule has 1 N–H and O–H groups in total. The lowest BCUT2D eigenvalue weighted by atomic mass is 9.94. The van der Waals surface area contributed by atoms with E-state index in [0.717, 1.165) is 10.8 Å². The summed E-state index contributed by atoms with van der Waals surface area (Å²) in [5.41, 5.74) is 1.02. The van der Waals surface area contributed by atoms with Crippen LogP contribution in [0.25, 0.3) is 16.5 Å². The van der Waals surface area contributed by atoms with Gasteiger partial charge in [0.15, 0.2) is 5.13 Å². The number of aliphatic hydroxyl groups is 1. The summed E-state index contributed by atoms with van der Waals surface area (Å²) in [5, 5.41) is 15.3. The molecule has 1 aliphatic heterocycles. The molecule has 0 radical (unpaired) electrons. The Kier molecular flexibility index (Phi) is 6.26. The van der Waals surface area contributed by atoms with Crippen molar-refractivity contribution in [3.63, 3.8) is 0 Å². The number of nitrogens with zero attached hydrogens (tertiary/aromatic N) is 2. The zero-order chi connectivity index (χ0) is 25.2. The number of ketones is 1. The van der Waals surface area contributed by atoms with Crippen molar-refractivity contribution in [2.45, 2.75) is 6.04 Å². The van der Waals surface area contributed by atoms with Crippen molar-refractivity contribution in [3.8, 4) is 11.5 Å². The largest absolute Gasteiger partial charge is 0.507 e. The van der Waals surface area contributed by atoms with Gasteiger partial charge in [-0.2, -0.15) is 0 Å². The van der Waals surface area contributed by atoms with E-state index in [1.807, 2.05) is 24.3 Å². The van der Waals surface area contributed by atoms with E-state index in [1.54, 1.807) is 61.2 Å². The third kappa shape index (κ3) is 4.12.